The van der Waals surface area contributed by atoms with E-state index in [0.717, 1.165) is 6.26 Å². The van der Waals surface area contributed by atoms with Gasteiger partial charge in [-0.3, -0.25) is 9.59 Å². The van der Waals surface area contributed by atoms with Gasteiger partial charge in [-0.05, 0) is 37.1 Å². The van der Waals surface area contributed by atoms with Crippen molar-refractivity contribution in [2.75, 3.05) is 19.3 Å². The molecule has 2 heterocycles. The van der Waals surface area contributed by atoms with Gasteiger partial charge in [0.15, 0.2) is 5.43 Å². The molecular weight excluding hydrogens is 397 g/mol. The smallest absolute Gasteiger partial charge is 0.255 e. The number of piperidine rings is 1. The zero-order chi connectivity index (χ0) is 20.8. The number of aromatic nitrogens is 1. The number of rotatable bonds is 3. The summed E-state index contributed by atoms with van der Waals surface area (Å²) in [6.45, 7) is 0.767. The molecule has 1 aliphatic heterocycles. The highest BCUT2D eigenvalue weighted by molar-refractivity contribution is 7.88. The number of amides is 1. The molecule has 7 nitrogen and oxygen atoms in total. The minimum absolute atomic E-state index is 0.0707. The van der Waals surface area contributed by atoms with E-state index in [0.29, 0.717) is 42.4 Å². The number of sulfonamides is 1. The van der Waals surface area contributed by atoms with Crippen LogP contribution in [0.1, 0.15) is 23.2 Å². The number of nitrogens with one attached hydrogen (secondary N) is 2. The van der Waals surface area contributed by atoms with Crippen molar-refractivity contribution in [2.24, 2.45) is 0 Å². The van der Waals surface area contributed by atoms with E-state index in [2.05, 4.69) is 9.71 Å². The topological polar surface area (TPSA) is 99.3 Å². The molecule has 0 radical (unpaired) electrons. The summed E-state index contributed by atoms with van der Waals surface area (Å²) < 4.78 is 39.6. The molecule has 9 heteroatoms. The van der Waals surface area contributed by atoms with Crippen molar-refractivity contribution in [3.8, 4) is 0 Å². The summed E-state index contributed by atoms with van der Waals surface area (Å²) >= 11 is 0. The third kappa shape index (κ3) is 3.75. The number of nitrogens with zero attached hydrogens (tertiary/aromatic N) is 1. The van der Waals surface area contributed by atoms with Crippen LogP contribution in [0.2, 0.25) is 0 Å². The molecule has 1 aromatic heterocycles. The number of fused-ring (bicyclic) bond motifs is 2. The van der Waals surface area contributed by atoms with Crippen molar-refractivity contribution in [1.82, 2.24) is 14.6 Å². The predicted octanol–water partition coefficient (Wildman–Crippen LogP) is 1.97. The molecule has 3 aromatic rings. The van der Waals surface area contributed by atoms with Crippen LogP contribution in [0.4, 0.5) is 4.39 Å². The van der Waals surface area contributed by atoms with E-state index in [1.165, 1.54) is 12.1 Å². The molecule has 1 aliphatic rings. The Labute approximate surface area is 166 Å². The van der Waals surface area contributed by atoms with Crippen molar-refractivity contribution in [3.63, 3.8) is 0 Å². The summed E-state index contributed by atoms with van der Waals surface area (Å²) in [5.41, 5.74) is 0.330. The van der Waals surface area contributed by atoms with Crippen molar-refractivity contribution in [3.05, 3.63) is 58.0 Å². The lowest BCUT2D eigenvalue weighted by Crippen LogP contribution is -2.46. The first-order chi connectivity index (χ1) is 13.7. The van der Waals surface area contributed by atoms with Crippen LogP contribution in [0, 0.1) is 5.82 Å². The maximum atomic E-state index is 14.2. The second kappa shape index (κ2) is 7.23. The second-order valence-corrected chi connectivity index (χ2v) is 9.08. The van der Waals surface area contributed by atoms with E-state index in [9.17, 15) is 22.4 Å². The van der Waals surface area contributed by atoms with Gasteiger partial charge in [0.05, 0.1) is 22.9 Å². The van der Waals surface area contributed by atoms with Gasteiger partial charge in [-0.1, -0.05) is 12.1 Å². The highest BCUT2D eigenvalue weighted by atomic mass is 32.2. The minimum atomic E-state index is -3.30. The molecule has 0 aliphatic carbocycles. The molecule has 152 valence electrons. The molecular formula is C20H20FN3O4S. The number of carbonyl (C=O) groups excluding carboxylic acids is 1. The van der Waals surface area contributed by atoms with Crippen molar-refractivity contribution in [1.29, 1.82) is 0 Å². The Morgan fingerprint density at radius 3 is 2.38 bits per heavy atom. The summed E-state index contributed by atoms with van der Waals surface area (Å²) in [4.78, 5) is 30.5. The number of carbonyl (C=O) groups is 1. The lowest BCUT2D eigenvalue weighted by Gasteiger charge is -2.32. The Morgan fingerprint density at radius 2 is 1.72 bits per heavy atom. The van der Waals surface area contributed by atoms with Crippen molar-refractivity contribution >= 4 is 37.7 Å². The Balaban J connectivity index is 1.69. The highest BCUT2D eigenvalue weighted by Gasteiger charge is 2.26. The molecule has 1 saturated heterocycles. The molecule has 0 bridgehead atoms. The third-order valence-electron chi connectivity index (χ3n) is 5.21. The van der Waals surface area contributed by atoms with Gasteiger partial charge in [0.25, 0.3) is 5.91 Å². The van der Waals surface area contributed by atoms with Crippen LogP contribution in [-0.4, -0.2) is 49.6 Å². The molecule has 0 spiro atoms. The normalized spacial score (nSPS) is 15.9. The first kappa shape index (κ1) is 19.5. The number of aromatic amines is 1. The number of likely N-dealkylation sites (tertiary alicyclic amines) is 1. The maximum absolute atomic E-state index is 14.2. The van der Waals surface area contributed by atoms with Gasteiger partial charge in [-0.2, -0.15) is 0 Å². The summed E-state index contributed by atoms with van der Waals surface area (Å²) in [7, 11) is -3.30. The van der Waals surface area contributed by atoms with Crippen molar-refractivity contribution < 1.29 is 17.6 Å². The number of hydrogen-bond donors (Lipinski definition) is 2. The lowest BCUT2D eigenvalue weighted by molar-refractivity contribution is 0.0713. The molecule has 0 unspecified atom stereocenters. The summed E-state index contributed by atoms with van der Waals surface area (Å²) in [6.07, 6.45) is 2.11. The van der Waals surface area contributed by atoms with Crippen LogP contribution in [0.15, 0.2) is 41.2 Å². The van der Waals surface area contributed by atoms with Crippen molar-refractivity contribution in [2.45, 2.75) is 18.9 Å². The number of halogens is 1. The average Bonchev–Trinajstić information content (AvgIpc) is 2.67. The van der Waals surface area contributed by atoms with E-state index in [4.69, 9.17) is 0 Å². The monoisotopic (exact) mass is 417 g/mol. The lowest BCUT2D eigenvalue weighted by atomic mass is 10.0. The number of benzene rings is 2. The van der Waals surface area contributed by atoms with Crippen LogP contribution in [0.3, 0.4) is 0 Å². The van der Waals surface area contributed by atoms with Gasteiger partial charge < -0.3 is 9.88 Å². The van der Waals surface area contributed by atoms with E-state index in [1.807, 2.05) is 0 Å². The second-order valence-electron chi connectivity index (χ2n) is 7.30. The fraction of sp³-hybridized carbons (Fsp3) is 0.300. The van der Waals surface area contributed by atoms with Gasteiger partial charge in [0, 0.05) is 29.9 Å². The highest BCUT2D eigenvalue weighted by Crippen LogP contribution is 2.22. The molecule has 1 amide bonds. The van der Waals surface area contributed by atoms with Gasteiger partial charge in [0.1, 0.15) is 5.82 Å². The van der Waals surface area contributed by atoms with Crippen LogP contribution < -0.4 is 10.2 Å². The standard InChI is InChI=1S/C20H20FN3O4S/c1-29(27,28)23-12-8-10-24(11-9-12)20(26)15-6-2-4-13-17(15)22-18-14(19(13)25)5-3-7-16(18)21/h2-7,12,23H,8-11H2,1H3,(H,22,25). The molecule has 0 atom stereocenters. The molecule has 0 saturated carbocycles. The van der Waals surface area contributed by atoms with Gasteiger partial charge in [-0.15, -0.1) is 0 Å². The van der Waals surface area contributed by atoms with Gasteiger partial charge in [0.2, 0.25) is 10.0 Å². The minimum Gasteiger partial charge on any atom is -0.351 e. The molecule has 29 heavy (non-hydrogen) atoms. The van der Waals surface area contributed by atoms with E-state index in [-0.39, 0.29) is 28.3 Å². The third-order valence-corrected chi connectivity index (χ3v) is 5.97. The largest absolute Gasteiger partial charge is 0.351 e. The zero-order valence-corrected chi connectivity index (χ0v) is 16.6. The van der Waals surface area contributed by atoms with Gasteiger partial charge >= 0.3 is 0 Å². The molecule has 1 fully saturated rings. The fourth-order valence-electron chi connectivity index (χ4n) is 3.84. The van der Waals surface area contributed by atoms with Gasteiger partial charge in [-0.25, -0.2) is 17.5 Å². The first-order valence-corrected chi connectivity index (χ1v) is 11.1. The first-order valence-electron chi connectivity index (χ1n) is 9.24. The molecule has 4 rings (SSSR count). The number of hydrogen-bond acceptors (Lipinski definition) is 4. The maximum Gasteiger partial charge on any atom is 0.255 e. The SMILES string of the molecule is CS(=O)(=O)NC1CCN(C(=O)c2cccc3c(=O)c4cccc(F)c4[nH]c23)CC1. The Hall–Kier alpha value is -2.78. The zero-order valence-electron chi connectivity index (χ0n) is 15.7. The summed E-state index contributed by atoms with van der Waals surface area (Å²) in [6, 6.07) is 8.92. The summed E-state index contributed by atoms with van der Waals surface area (Å²) in [5.74, 6) is -0.837. The number of H-pyrrole nitrogens is 1. The van der Waals surface area contributed by atoms with E-state index < -0.39 is 15.8 Å². The van der Waals surface area contributed by atoms with Crippen LogP contribution >= 0.6 is 0 Å². The summed E-state index contributed by atoms with van der Waals surface area (Å²) in [5, 5.41) is 0.553. The predicted molar refractivity (Wildman–Crippen MR) is 109 cm³/mol. The molecule has 2 N–H and O–H groups in total. The van der Waals surface area contributed by atoms with Crippen LogP contribution in [-0.2, 0) is 10.0 Å². The van der Waals surface area contributed by atoms with Crippen LogP contribution in [0.5, 0.6) is 0 Å². The number of para-hydroxylation sites is 2. The fourth-order valence-corrected chi connectivity index (χ4v) is 4.68. The van der Waals surface area contributed by atoms with E-state index in [1.54, 1.807) is 29.2 Å². The van der Waals surface area contributed by atoms with Crippen LogP contribution in [0.25, 0.3) is 21.8 Å². The number of pyridine rings is 1. The average molecular weight is 417 g/mol. The Bertz CT molecular complexity index is 1280. The Kier molecular flexibility index (Phi) is 4.87. The Morgan fingerprint density at radius 1 is 1.10 bits per heavy atom. The van der Waals surface area contributed by atoms with E-state index >= 15 is 0 Å². The molecule has 2 aromatic carbocycles. The quantitative estimate of drug-likeness (QED) is 0.637.